The summed E-state index contributed by atoms with van der Waals surface area (Å²) in [6.45, 7) is 8.08. The summed E-state index contributed by atoms with van der Waals surface area (Å²) in [7, 11) is 0. The molecule has 1 aromatic heterocycles. The standard InChI is InChI=1S/C40H31N5O4S3/c1-23-10-13-29(18-25(23)3)42-39-44(31-15-11-24(2)26(4)19-31)38(47)36(50-39)21-27-12-17-34(33(20-27)45(48)49)51-40-43-32-16-14-30(22-35(32)52-40)41-37(46)28-8-6-5-7-9-28/h5-22H,1-4H3,(H,41,46)/b36-21-,42-39?. The number of hydrogen-bond donors (Lipinski definition) is 1. The van der Waals surface area contributed by atoms with E-state index in [1.807, 2.05) is 82.3 Å². The highest BCUT2D eigenvalue weighted by molar-refractivity contribution is 8.19. The third kappa shape index (κ3) is 7.40. The highest BCUT2D eigenvalue weighted by Gasteiger charge is 2.35. The molecule has 52 heavy (non-hydrogen) atoms. The van der Waals surface area contributed by atoms with Crippen molar-refractivity contribution < 1.29 is 14.5 Å². The number of amidine groups is 1. The first kappa shape index (κ1) is 34.9. The Morgan fingerprint density at radius 1 is 0.885 bits per heavy atom. The highest BCUT2D eigenvalue weighted by atomic mass is 32.2. The number of aliphatic imine (C=N–C) groups is 1. The third-order valence-corrected chi connectivity index (χ3v) is 11.7. The number of carbonyl (C=O) groups excluding carboxylic acids is 2. The number of aryl methyl sites for hydroxylation is 4. The van der Waals surface area contributed by atoms with Gasteiger partial charge in [-0.2, -0.15) is 0 Å². The van der Waals surface area contributed by atoms with Crippen LogP contribution in [0.15, 0.2) is 122 Å². The van der Waals surface area contributed by atoms with Crippen molar-refractivity contribution in [2.45, 2.75) is 36.9 Å². The highest BCUT2D eigenvalue weighted by Crippen LogP contribution is 2.42. The second-order valence-corrected chi connectivity index (χ2v) is 15.6. The second-order valence-electron chi connectivity index (χ2n) is 12.3. The summed E-state index contributed by atoms with van der Waals surface area (Å²) in [5.41, 5.74) is 8.15. The van der Waals surface area contributed by atoms with Crippen molar-refractivity contribution in [3.05, 3.63) is 152 Å². The van der Waals surface area contributed by atoms with Crippen LogP contribution in [-0.4, -0.2) is 26.9 Å². The van der Waals surface area contributed by atoms with E-state index in [1.165, 1.54) is 40.9 Å². The number of aromatic nitrogens is 1. The van der Waals surface area contributed by atoms with Gasteiger partial charge in [-0.3, -0.25) is 24.6 Å². The Morgan fingerprint density at radius 3 is 2.37 bits per heavy atom. The van der Waals surface area contributed by atoms with Gasteiger partial charge in [-0.25, -0.2) is 9.98 Å². The SMILES string of the molecule is Cc1ccc(N=C2S/C(=C\c3ccc(Sc4nc5ccc(NC(=O)c6ccccc6)cc5s4)c([N+](=O)[O-])c3)C(=O)N2c2ccc(C)c(C)c2)cc1C. The van der Waals surface area contributed by atoms with Crippen molar-refractivity contribution in [2.24, 2.45) is 4.99 Å². The summed E-state index contributed by atoms with van der Waals surface area (Å²) >= 11 is 3.82. The molecule has 7 rings (SSSR count). The largest absolute Gasteiger partial charge is 0.322 e. The fourth-order valence-electron chi connectivity index (χ4n) is 5.46. The van der Waals surface area contributed by atoms with Gasteiger partial charge in [-0.15, -0.1) is 11.3 Å². The molecule has 0 atom stereocenters. The Balaban J connectivity index is 1.16. The number of amides is 2. The van der Waals surface area contributed by atoms with Gasteiger partial charge >= 0.3 is 0 Å². The number of rotatable bonds is 8. The van der Waals surface area contributed by atoms with E-state index in [0.29, 0.717) is 41.8 Å². The van der Waals surface area contributed by atoms with Crippen LogP contribution >= 0.6 is 34.9 Å². The average molecular weight is 742 g/mol. The van der Waals surface area contributed by atoms with Gasteiger partial charge in [0.1, 0.15) is 0 Å². The lowest BCUT2D eigenvalue weighted by atomic mass is 10.1. The van der Waals surface area contributed by atoms with Crippen molar-refractivity contribution in [1.29, 1.82) is 0 Å². The maximum Gasteiger partial charge on any atom is 0.283 e. The number of nitrogens with zero attached hydrogens (tertiary/aromatic N) is 4. The number of fused-ring (bicyclic) bond motifs is 1. The summed E-state index contributed by atoms with van der Waals surface area (Å²) < 4.78 is 1.45. The molecule has 0 spiro atoms. The zero-order chi connectivity index (χ0) is 36.5. The number of nitro benzene ring substituents is 1. The minimum atomic E-state index is -0.424. The number of carbonyl (C=O) groups is 2. The Bertz CT molecular complexity index is 2480. The minimum absolute atomic E-state index is 0.0973. The number of nitro groups is 1. The van der Waals surface area contributed by atoms with Crippen LogP contribution in [0.5, 0.6) is 0 Å². The van der Waals surface area contributed by atoms with Crippen LogP contribution in [0.2, 0.25) is 0 Å². The summed E-state index contributed by atoms with van der Waals surface area (Å²) in [5, 5.41) is 15.7. The number of thiazole rings is 1. The van der Waals surface area contributed by atoms with Gasteiger partial charge in [0.15, 0.2) is 9.51 Å². The molecule has 1 aliphatic heterocycles. The fourth-order valence-corrected chi connectivity index (χ4v) is 8.61. The van der Waals surface area contributed by atoms with E-state index < -0.39 is 4.92 Å². The number of nitrogens with one attached hydrogen (secondary N) is 1. The van der Waals surface area contributed by atoms with Crippen LogP contribution in [0.1, 0.15) is 38.2 Å². The second kappa shape index (κ2) is 14.6. The number of hydrogen-bond acceptors (Lipinski definition) is 9. The van der Waals surface area contributed by atoms with Crippen LogP contribution in [-0.2, 0) is 4.79 Å². The van der Waals surface area contributed by atoms with Crippen LogP contribution < -0.4 is 10.2 Å². The molecule has 12 heteroatoms. The molecule has 258 valence electrons. The van der Waals surface area contributed by atoms with Gasteiger partial charge in [-0.1, -0.05) is 48.2 Å². The topological polar surface area (TPSA) is 118 Å². The van der Waals surface area contributed by atoms with E-state index in [1.54, 1.807) is 53.4 Å². The number of thioether (sulfide) groups is 1. The summed E-state index contributed by atoms with van der Waals surface area (Å²) in [4.78, 5) is 50.5. The van der Waals surface area contributed by atoms with Gasteiger partial charge < -0.3 is 5.32 Å². The Kier molecular flexibility index (Phi) is 9.78. The fraction of sp³-hybridized carbons (Fsp3) is 0.100. The van der Waals surface area contributed by atoms with Gasteiger partial charge in [0.05, 0.1) is 36.3 Å². The quantitative estimate of drug-likeness (QED) is 0.0937. The maximum absolute atomic E-state index is 14.0. The molecule has 1 N–H and O–H groups in total. The number of benzene rings is 5. The van der Waals surface area contributed by atoms with Gasteiger partial charge in [0.25, 0.3) is 17.5 Å². The molecule has 5 aromatic carbocycles. The third-order valence-electron chi connectivity index (χ3n) is 8.61. The molecule has 6 aromatic rings. The predicted molar refractivity (Wildman–Crippen MR) is 213 cm³/mol. The van der Waals surface area contributed by atoms with E-state index in [-0.39, 0.29) is 17.5 Å². The molecule has 0 aliphatic carbocycles. The zero-order valence-corrected chi connectivity index (χ0v) is 31.0. The van der Waals surface area contributed by atoms with Crippen molar-refractivity contribution in [1.82, 2.24) is 4.98 Å². The molecule has 9 nitrogen and oxygen atoms in total. The molecule has 0 saturated carbocycles. The molecule has 0 unspecified atom stereocenters. The van der Waals surface area contributed by atoms with Crippen LogP contribution in [0.25, 0.3) is 16.3 Å². The van der Waals surface area contributed by atoms with E-state index in [2.05, 4.69) is 10.3 Å². The molecule has 1 aliphatic rings. The van der Waals surface area contributed by atoms with Crippen molar-refractivity contribution in [3.8, 4) is 0 Å². The lowest BCUT2D eigenvalue weighted by Gasteiger charge is -2.17. The van der Waals surface area contributed by atoms with E-state index in [4.69, 9.17) is 4.99 Å². The smallest absolute Gasteiger partial charge is 0.283 e. The molecule has 0 radical (unpaired) electrons. The van der Waals surface area contributed by atoms with Crippen molar-refractivity contribution in [3.63, 3.8) is 0 Å². The van der Waals surface area contributed by atoms with Crippen LogP contribution in [0.3, 0.4) is 0 Å². The van der Waals surface area contributed by atoms with E-state index >= 15 is 0 Å². The summed E-state index contributed by atoms with van der Waals surface area (Å²) in [5.74, 6) is -0.476. The molecule has 2 heterocycles. The lowest BCUT2D eigenvalue weighted by Crippen LogP contribution is -2.28. The monoisotopic (exact) mass is 741 g/mol. The molecule has 0 bridgehead atoms. The van der Waals surface area contributed by atoms with Gasteiger partial charge in [-0.05, 0) is 134 Å². The maximum atomic E-state index is 14.0. The first-order valence-electron chi connectivity index (χ1n) is 16.2. The van der Waals surface area contributed by atoms with Crippen molar-refractivity contribution >= 4 is 90.9 Å². The van der Waals surface area contributed by atoms with Gasteiger partial charge in [0, 0.05) is 17.3 Å². The summed E-state index contributed by atoms with van der Waals surface area (Å²) in [6.07, 6.45) is 1.67. The van der Waals surface area contributed by atoms with Gasteiger partial charge in [0.2, 0.25) is 0 Å². The molecule has 1 saturated heterocycles. The molecular weight excluding hydrogens is 711 g/mol. The van der Waals surface area contributed by atoms with E-state index in [9.17, 15) is 19.7 Å². The van der Waals surface area contributed by atoms with Crippen LogP contribution in [0.4, 0.5) is 22.7 Å². The zero-order valence-electron chi connectivity index (χ0n) is 28.5. The van der Waals surface area contributed by atoms with E-state index in [0.717, 1.165) is 38.2 Å². The summed E-state index contributed by atoms with van der Waals surface area (Å²) in [6, 6.07) is 31.1. The Labute approximate surface area is 312 Å². The molecular formula is C40H31N5O4S3. The normalized spacial score (nSPS) is 14.5. The Hall–Kier alpha value is -5.56. The van der Waals surface area contributed by atoms with Crippen LogP contribution in [0, 0.1) is 37.8 Å². The predicted octanol–water partition coefficient (Wildman–Crippen LogP) is 10.7. The average Bonchev–Trinajstić information content (AvgIpc) is 3.67. The van der Waals surface area contributed by atoms with Crippen molar-refractivity contribution in [2.75, 3.05) is 10.2 Å². The number of anilines is 2. The minimum Gasteiger partial charge on any atom is -0.322 e. The first-order chi connectivity index (χ1) is 25.0. The molecule has 2 amide bonds. The Morgan fingerprint density at radius 2 is 1.63 bits per heavy atom. The first-order valence-corrected chi connectivity index (χ1v) is 18.7. The lowest BCUT2D eigenvalue weighted by molar-refractivity contribution is -0.387. The molecule has 1 fully saturated rings.